The van der Waals surface area contributed by atoms with Crippen molar-refractivity contribution in [2.45, 2.75) is 78.3 Å². The van der Waals surface area contributed by atoms with Crippen LogP contribution in [0.4, 0.5) is 5.69 Å². The molecule has 34 heavy (non-hydrogen) atoms. The van der Waals surface area contributed by atoms with Crippen molar-refractivity contribution in [3.05, 3.63) is 29.5 Å². The lowest BCUT2D eigenvalue weighted by Gasteiger charge is -2.23. The Hall–Kier alpha value is -2.92. The van der Waals surface area contributed by atoms with Crippen LogP contribution in [0.15, 0.2) is 23.1 Å². The summed E-state index contributed by atoms with van der Waals surface area (Å²) in [5, 5.41) is 16.4. The zero-order valence-electron chi connectivity index (χ0n) is 20.9. The fourth-order valence-corrected chi connectivity index (χ4v) is 4.42. The number of ether oxygens (including phenoxy) is 1. The smallest absolute Gasteiger partial charge is 0.356 e. The van der Waals surface area contributed by atoms with Gasteiger partial charge in [0.15, 0.2) is 5.69 Å². The number of amides is 1. The van der Waals surface area contributed by atoms with Gasteiger partial charge in [-0.3, -0.25) is 4.79 Å². The Labute approximate surface area is 200 Å². The van der Waals surface area contributed by atoms with Crippen LogP contribution in [0.3, 0.4) is 0 Å². The summed E-state index contributed by atoms with van der Waals surface area (Å²) >= 11 is 0. The number of nitrogens with one attached hydrogen (secondary N) is 2. The molecule has 2 aromatic rings. The number of benzene rings is 1. The zero-order valence-corrected chi connectivity index (χ0v) is 21.7. The molecule has 1 aromatic carbocycles. The normalized spacial score (nSPS) is 13.1. The number of carboxylic acid groups (broad SMARTS) is 1. The number of aromatic carboxylic acids is 1. The molecule has 0 aliphatic heterocycles. The summed E-state index contributed by atoms with van der Waals surface area (Å²) in [6, 6.07) is 3.95. The second-order valence-electron chi connectivity index (χ2n) is 9.50. The monoisotopic (exact) mass is 494 g/mol. The molecule has 0 saturated heterocycles. The maximum atomic E-state index is 13.2. The molecule has 1 heterocycles. The van der Waals surface area contributed by atoms with Gasteiger partial charge in [-0.25, -0.2) is 22.6 Å². The standard InChI is InChI=1S/C23H34N4O6S/c1-9-14(4)26-34(31,32)18-12-16(24-20(28)13(2)3)10-11-17(18)33-21-15(5)19(22(29)30)25-27(21)23(6,7)8/h10-14,26H,9H2,1-8H3,(H,24,28)(H,29,30)/t14-/m0/s1. The average molecular weight is 495 g/mol. The van der Waals surface area contributed by atoms with Crippen molar-refractivity contribution in [2.75, 3.05) is 5.32 Å². The van der Waals surface area contributed by atoms with E-state index in [-0.39, 0.29) is 45.6 Å². The third kappa shape index (κ3) is 6.15. The molecule has 0 fully saturated rings. The second-order valence-corrected chi connectivity index (χ2v) is 11.2. The molecular formula is C23H34N4O6S. The van der Waals surface area contributed by atoms with Crippen molar-refractivity contribution in [2.24, 2.45) is 5.92 Å². The van der Waals surface area contributed by atoms with Gasteiger partial charge in [-0.05, 0) is 59.2 Å². The molecule has 0 unspecified atom stereocenters. The van der Waals surface area contributed by atoms with E-state index in [1.165, 1.54) is 22.9 Å². The molecule has 0 aliphatic rings. The molecule has 1 amide bonds. The molecule has 0 radical (unpaired) electrons. The highest BCUT2D eigenvalue weighted by atomic mass is 32.2. The number of nitrogens with zero attached hydrogens (tertiary/aromatic N) is 2. The van der Waals surface area contributed by atoms with Crippen LogP contribution in [0, 0.1) is 12.8 Å². The number of hydrogen-bond donors (Lipinski definition) is 3. The lowest BCUT2D eigenvalue weighted by atomic mass is 10.1. The first kappa shape index (κ1) is 27.3. The van der Waals surface area contributed by atoms with E-state index in [1.54, 1.807) is 27.7 Å². The minimum atomic E-state index is -4.04. The summed E-state index contributed by atoms with van der Waals surface area (Å²) in [4.78, 5) is 23.6. The third-order valence-electron chi connectivity index (χ3n) is 5.11. The largest absolute Gasteiger partial charge is 0.476 e. The highest BCUT2D eigenvalue weighted by Crippen LogP contribution is 2.36. The first-order chi connectivity index (χ1) is 15.6. The number of sulfonamides is 1. The second kappa shape index (κ2) is 10.1. The minimum absolute atomic E-state index is 0.0243. The number of carbonyl (C=O) groups excluding carboxylic acids is 1. The summed E-state index contributed by atoms with van der Waals surface area (Å²) in [5.74, 6) is -1.69. The summed E-state index contributed by atoms with van der Waals surface area (Å²) < 4.78 is 36.5. The number of carbonyl (C=O) groups is 2. The first-order valence-corrected chi connectivity index (χ1v) is 12.5. The van der Waals surface area contributed by atoms with Gasteiger partial charge in [-0.1, -0.05) is 20.8 Å². The van der Waals surface area contributed by atoms with Gasteiger partial charge in [0.2, 0.25) is 21.8 Å². The van der Waals surface area contributed by atoms with Crippen molar-refractivity contribution in [3.8, 4) is 11.6 Å². The van der Waals surface area contributed by atoms with Crippen LogP contribution < -0.4 is 14.8 Å². The van der Waals surface area contributed by atoms with Crippen LogP contribution in [-0.2, 0) is 20.4 Å². The molecular weight excluding hydrogens is 460 g/mol. The molecule has 1 aromatic heterocycles. The third-order valence-corrected chi connectivity index (χ3v) is 6.72. The number of carboxylic acids is 1. The van der Waals surface area contributed by atoms with Gasteiger partial charge >= 0.3 is 5.97 Å². The Morgan fingerprint density at radius 3 is 2.32 bits per heavy atom. The summed E-state index contributed by atoms with van der Waals surface area (Å²) in [5.41, 5.74) is -0.277. The van der Waals surface area contributed by atoms with E-state index < -0.39 is 21.5 Å². The van der Waals surface area contributed by atoms with Crippen molar-refractivity contribution in [1.82, 2.24) is 14.5 Å². The summed E-state index contributed by atoms with van der Waals surface area (Å²) in [6.45, 7) is 14.1. The van der Waals surface area contributed by atoms with E-state index in [1.807, 2.05) is 27.7 Å². The van der Waals surface area contributed by atoms with E-state index in [9.17, 15) is 23.1 Å². The molecule has 1 atom stereocenters. The molecule has 0 bridgehead atoms. The molecule has 2 rings (SSSR count). The van der Waals surface area contributed by atoms with Crippen molar-refractivity contribution < 1.29 is 27.9 Å². The van der Waals surface area contributed by atoms with E-state index >= 15 is 0 Å². The van der Waals surface area contributed by atoms with E-state index in [0.29, 0.717) is 12.1 Å². The predicted octanol–water partition coefficient (Wildman–Crippen LogP) is 4.11. The lowest BCUT2D eigenvalue weighted by Crippen LogP contribution is -2.32. The van der Waals surface area contributed by atoms with Gasteiger partial charge in [-0.2, -0.15) is 5.10 Å². The van der Waals surface area contributed by atoms with Crippen LogP contribution in [0.2, 0.25) is 0 Å². The molecule has 0 aliphatic carbocycles. The fourth-order valence-electron chi connectivity index (χ4n) is 2.94. The number of rotatable bonds is 9. The van der Waals surface area contributed by atoms with Crippen molar-refractivity contribution in [1.29, 1.82) is 0 Å². The molecule has 10 nitrogen and oxygen atoms in total. The molecule has 188 valence electrons. The van der Waals surface area contributed by atoms with Crippen LogP contribution in [0.1, 0.15) is 70.9 Å². The Bertz CT molecular complexity index is 1180. The van der Waals surface area contributed by atoms with Crippen LogP contribution in [0.25, 0.3) is 0 Å². The van der Waals surface area contributed by atoms with Crippen LogP contribution >= 0.6 is 0 Å². The number of anilines is 1. The highest BCUT2D eigenvalue weighted by Gasteiger charge is 2.30. The fraction of sp³-hybridized carbons (Fsp3) is 0.522. The summed E-state index contributed by atoms with van der Waals surface area (Å²) in [7, 11) is -4.04. The molecule has 3 N–H and O–H groups in total. The molecule has 11 heteroatoms. The molecule has 0 spiro atoms. The van der Waals surface area contributed by atoms with E-state index in [4.69, 9.17) is 4.74 Å². The van der Waals surface area contributed by atoms with E-state index in [2.05, 4.69) is 15.1 Å². The Balaban J connectivity index is 2.68. The van der Waals surface area contributed by atoms with Gasteiger partial charge in [0, 0.05) is 23.2 Å². The van der Waals surface area contributed by atoms with Crippen LogP contribution in [-0.4, -0.2) is 41.2 Å². The quantitative estimate of drug-likeness (QED) is 0.476. The summed E-state index contributed by atoms with van der Waals surface area (Å²) in [6.07, 6.45) is 0.567. The maximum absolute atomic E-state index is 13.2. The van der Waals surface area contributed by atoms with Gasteiger partial charge in [-0.15, -0.1) is 0 Å². The lowest BCUT2D eigenvalue weighted by molar-refractivity contribution is -0.118. The number of aromatic nitrogens is 2. The number of hydrogen-bond acceptors (Lipinski definition) is 6. The van der Waals surface area contributed by atoms with Crippen LogP contribution in [0.5, 0.6) is 11.6 Å². The van der Waals surface area contributed by atoms with Gasteiger partial charge < -0.3 is 15.2 Å². The van der Waals surface area contributed by atoms with E-state index in [0.717, 1.165) is 0 Å². The van der Waals surface area contributed by atoms with Gasteiger partial charge in [0.05, 0.1) is 5.54 Å². The highest BCUT2D eigenvalue weighted by molar-refractivity contribution is 7.89. The average Bonchev–Trinajstić information content (AvgIpc) is 3.05. The maximum Gasteiger partial charge on any atom is 0.356 e. The van der Waals surface area contributed by atoms with Gasteiger partial charge in [0.25, 0.3) is 0 Å². The SMILES string of the molecule is CC[C@H](C)NS(=O)(=O)c1cc(NC(=O)C(C)C)ccc1Oc1c(C)c(C(=O)O)nn1C(C)(C)C. The van der Waals surface area contributed by atoms with Gasteiger partial charge in [0.1, 0.15) is 10.6 Å². The zero-order chi connectivity index (χ0) is 26.0. The Morgan fingerprint density at radius 1 is 1.21 bits per heavy atom. The van der Waals surface area contributed by atoms with Crippen molar-refractivity contribution >= 4 is 27.6 Å². The topological polar surface area (TPSA) is 140 Å². The van der Waals surface area contributed by atoms with Crippen molar-refractivity contribution in [3.63, 3.8) is 0 Å². The molecule has 0 saturated carbocycles. The Morgan fingerprint density at radius 2 is 1.82 bits per heavy atom. The Kier molecular flexibility index (Phi) is 8.15. The predicted molar refractivity (Wildman–Crippen MR) is 129 cm³/mol. The first-order valence-electron chi connectivity index (χ1n) is 11.1. The minimum Gasteiger partial charge on any atom is -0.476 e.